The monoisotopic (exact) mass is 247 g/mol. The zero-order chi connectivity index (χ0) is 13.4. The molecular formula is C10H21N3O4. The van der Waals surface area contributed by atoms with E-state index >= 15 is 0 Å². The molecule has 0 saturated carbocycles. The van der Waals surface area contributed by atoms with Gasteiger partial charge in [0.1, 0.15) is 0 Å². The van der Waals surface area contributed by atoms with Crippen LogP contribution in [0.4, 0.5) is 4.79 Å². The molecule has 2 amide bonds. The molecule has 0 aliphatic carbocycles. The number of nitrogens with one attached hydrogen (secondary N) is 2. The van der Waals surface area contributed by atoms with Gasteiger partial charge in [0.2, 0.25) is 0 Å². The van der Waals surface area contributed by atoms with Crippen LogP contribution in [0.15, 0.2) is 0 Å². The van der Waals surface area contributed by atoms with E-state index in [4.69, 9.17) is 10.2 Å². The highest BCUT2D eigenvalue weighted by atomic mass is 16.4. The molecule has 0 unspecified atom stereocenters. The molecule has 0 aliphatic heterocycles. The topological polar surface area (TPSA) is 102 Å². The second-order valence-corrected chi connectivity index (χ2v) is 4.07. The van der Waals surface area contributed by atoms with Gasteiger partial charge in [-0.1, -0.05) is 0 Å². The van der Waals surface area contributed by atoms with Crippen LogP contribution < -0.4 is 10.6 Å². The standard InChI is InChI=1S/C10H21N3O4/c1-7(2)13(3)5-4-11-10(17)12-6-8(14)9(15)16/h7-8,14H,4-6H2,1-3H3,(H,15,16)(H2,11,12,17)/t8-/m0/s1. The van der Waals surface area contributed by atoms with Gasteiger partial charge in [-0.3, -0.25) is 0 Å². The fourth-order valence-corrected chi connectivity index (χ4v) is 0.943. The molecule has 0 rings (SSSR count). The maximum absolute atomic E-state index is 11.2. The van der Waals surface area contributed by atoms with Crippen molar-refractivity contribution in [2.75, 3.05) is 26.7 Å². The van der Waals surface area contributed by atoms with Crippen molar-refractivity contribution in [2.45, 2.75) is 26.0 Å². The van der Waals surface area contributed by atoms with Crippen molar-refractivity contribution < 1.29 is 19.8 Å². The molecule has 0 aliphatic rings. The molecule has 0 heterocycles. The summed E-state index contributed by atoms with van der Waals surface area (Å²) in [5, 5.41) is 22.1. The van der Waals surface area contributed by atoms with E-state index in [-0.39, 0.29) is 6.54 Å². The number of nitrogens with zero attached hydrogens (tertiary/aromatic N) is 1. The van der Waals surface area contributed by atoms with Gasteiger partial charge in [0.25, 0.3) is 0 Å². The van der Waals surface area contributed by atoms with Crippen molar-refractivity contribution in [2.24, 2.45) is 0 Å². The van der Waals surface area contributed by atoms with Gasteiger partial charge in [0, 0.05) is 19.1 Å². The number of carboxylic acid groups (broad SMARTS) is 1. The number of rotatable bonds is 7. The van der Waals surface area contributed by atoms with Crippen LogP contribution in [0.5, 0.6) is 0 Å². The number of aliphatic hydroxyl groups excluding tert-OH is 1. The molecule has 0 aromatic carbocycles. The van der Waals surface area contributed by atoms with Crippen LogP contribution in [0.3, 0.4) is 0 Å². The summed E-state index contributed by atoms with van der Waals surface area (Å²) in [7, 11) is 1.94. The van der Waals surface area contributed by atoms with Crippen LogP contribution in [0.25, 0.3) is 0 Å². The van der Waals surface area contributed by atoms with E-state index in [1.165, 1.54) is 0 Å². The third kappa shape index (κ3) is 7.53. The highest BCUT2D eigenvalue weighted by molar-refractivity contribution is 5.76. The molecule has 100 valence electrons. The van der Waals surface area contributed by atoms with Gasteiger partial charge < -0.3 is 25.7 Å². The Kier molecular flexibility index (Phi) is 7.24. The fraction of sp³-hybridized carbons (Fsp3) is 0.800. The lowest BCUT2D eigenvalue weighted by Gasteiger charge is -2.20. The van der Waals surface area contributed by atoms with E-state index < -0.39 is 18.1 Å². The van der Waals surface area contributed by atoms with Crippen LogP contribution in [0, 0.1) is 0 Å². The van der Waals surface area contributed by atoms with Crippen LogP contribution in [-0.4, -0.2) is 65.9 Å². The number of carbonyl (C=O) groups is 2. The maximum Gasteiger partial charge on any atom is 0.334 e. The van der Waals surface area contributed by atoms with Crippen molar-refractivity contribution >= 4 is 12.0 Å². The van der Waals surface area contributed by atoms with E-state index in [1.54, 1.807) is 0 Å². The Morgan fingerprint density at radius 3 is 2.35 bits per heavy atom. The molecule has 0 radical (unpaired) electrons. The van der Waals surface area contributed by atoms with Crippen molar-refractivity contribution in [1.29, 1.82) is 0 Å². The molecule has 1 atom stereocenters. The van der Waals surface area contributed by atoms with Crippen LogP contribution in [-0.2, 0) is 4.79 Å². The van der Waals surface area contributed by atoms with Crippen LogP contribution in [0.1, 0.15) is 13.8 Å². The molecule has 0 aromatic heterocycles. The minimum absolute atomic E-state index is 0.304. The predicted octanol–water partition coefficient (Wildman–Crippen LogP) is -0.929. The fourth-order valence-electron chi connectivity index (χ4n) is 0.943. The van der Waals surface area contributed by atoms with E-state index in [0.29, 0.717) is 19.1 Å². The van der Waals surface area contributed by atoms with Crippen LogP contribution >= 0.6 is 0 Å². The Labute approximate surface area is 101 Å². The molecule has 17 heavy (non-hydrogen) atoms. The van der Waals surface area contributed by atoms with E-state index in [1.807, 2.05) is 20.9 Å². The molecule has 7 nitrogen and oxygen atoms in total. The highest BCUT2D eigenvalue weighted by Gasteiger charge is 2.13. The Balaban J connectivity index is 3.64. The van der Waals surface area contributed by atoms with Crippen molar-refractivity contribution in [3.05, 3.63) is 0 Å². The smallest absolute Gasteiger partial charge is 0.334 e. The quantitative estimate of drug-likeness (QED) is 0.465. The van der Waals surface area contributed by atoms with Gasteiger partial charge in [-0.25, -0.2) is 9.59 Å². The Morgan fingerprint density at radius 2 is 1.88 bits per heavy atom. The molecule has 0 saturated heterocycles. The first-order chi connectivity index (χ1) is 7.84. The molecule has 0 bridgehead atoms. The Morgan fingerprint density at radius 1 is 1.29 bits per heavy atom. The van der Waals surface area contributed by atoms with Crippen molar-refractivity contribution in [1.82, 2.24) is 15.5 Å². The van der Waals surface area contributed by atoms with Crippen LogP contribution in [0.2, 0.25) is 0 Å². The molecule has 0 fully saturated rings. The third-order valence-electron chi connectivity index (χ3n) is 2.37. The zero-order valence-electron chi connectivity index (χ0n) is 10.4. The first-order valence-electron chi connectivity index (χ1n) is 5.47. The number of aliphatic hydroxyl groups is 1. The maximum atomic E-state index is 11.2. The number of amides is 2. The average molecular weight is 247 g/mol. The van der Waals surface area contributed by atoms with E-state index in [9.17, 15) is 9.59 Å². The number of urea groups is 1. The summed E-state index contributed by atoms with van der Waals surface area (Å²) in [5.41, 5.74) is 0. The summed E-state index contributed by atoms with van der Waals surface area (Å²) in [4.78, 5) is 23.5. The summed E-state index contributed by atoms with van der Waals surface area (Å²) in [6, 6.07) is -0.0869. The van der Waals surface area contributed by atoms with Gasteiger partial charge in [-0.2, -0.15) is 0 Å². The first-order valence-corrected chi connectivity index (χ1v) is 5.47. The summed E-state index contributed by atoms with van der Waals surface area (Å²) in [5.74, 6) is -1.36. The molecule has 7 heteroatoms. The Bertz CT molecular complexity index is 258. The van der Waals surface area contributed by atoms with Gasteiger partial charge in [0.05, 0.1) is 6.54 Å². The molecule has 0 aromatic rings. The van der Waals surface area contributed by atoms with Gasteiger partial charge >= 0.3 is 12.0 Å². The van der Waals surface area contributed by atoms with Crippen molar-refractivity contribution in [3.63, 3.8) is 0 Å². The van der Waals surface area contributed by atoms with Gasteiger partial charge in [-0.05, 0) is 20.9 Å². The lowest BCUT2D eigenvalue weighted by Crippen LogP contribution is -2.44. The van der Waals surface area contributed by atoms with E-state index in [2.05, 4.69) is 15.5 Å². The number of carboxylic acids is 1. The summed E-state index contributed by atoms with van der Waals surface area (Å²) in [6.07, 6.45) is -1.57. The second kappa shape index (κ2) is 7.86. The number of hydrogen-bond donors (Lipinski definition) is 4. The SMILES string of the molecule is CC(C)N(C)CCNC(=O)NC[C@H](O)C(=O)O. The predicted molar refractivity (Wildman–Crippen MR) is 62.8 cm³/mol. The summed E-state index contributed by atoms with van der Waals surface area (Å²) >= 11 is 0. The third-order valence-corrected chi connectivity index (χ3v) is 2.37. The van der Waals surface area contributed by atoms with Gasteiger partial charge in [0.15, 0.2) is 6.10 Å². The number of aliphatic carboxylic acids is 1. The first kappa shape index (κ1) is 15.7. The molecular weight excluding hydrogens is 226 g/mol. The molecule has 4 N–H and O–H groups in total. The Hall–Kier alpha value is -1.34. The highest BCUT2D eigenvalue weighted by Crippen LogP contribution is 1.90. The zero-order valence-corrected chi connectivity index (χ0v) is 10.4. The number of carbonyl (C=O) groups excluding carboxylic acids is 1. The van der Waals surface area contributed by atoms with E-state index in [0.717, 1.165) is 0 Å². The second-order valence-electron chi connectivity index (χ2n) is 4.07. The lowest BCUT2D eigenvalue weighted by atomic mass is 10.3. The number of likely N-dealkylation sites (N-methyl/N-ethyl adjacent to an activating group) is 1. The minimum atomic E-state index is -1.57. The lowest BCUT2D eigenvalue weighted by molar-refractivity contribution is -0.146. The summed E-state index contributed by atoms with van der Waals surface area (Å²) in [6.45, 7) is 4.95. The normalized spacial score (nSPS) is 12.6. The molecule has 0 spiro atoms. The average Bonchev–Trinajstić information content (AvgIpc) is 2.25. The largest absolute Gasteiger partial charge is 0.479 e. The van der Waals surface area contributed by atoms with Crippen molar-refractivity contribution in [3.8, 4) is 0 Å². The van der Waals surface area contributed by atoms with Gasteiger partial charge in [-0.15, -0.1) is 0 Å². The summed E-state index contributed by atoms with van der Waals surface area (Å²) < 4.78 is 0. The minimum Gasteiger partial charge on any atom is -0.479 e. The number of hydrogen-bond acceptors (Lipinski definition) is 4.